The second kappa shape index (κ2) is 9.71. The second-order valence-corrected chi connectivity index (χ2v) is 8.72. The number of benzene rings is 3. The summed E-state index contributed by atoms with van der Waals surface area (Å²) in [6.45, 7) is 3.85. The first kappa shape index (κ1) is 23.5. The standard InChI is InChI=1S/C26H20Cl2N2O4/c1-15-6-7-16(2)22(10-15)30-25(32)21(24(31)29-26(30)33)13-18-12-20(28)8-9-23(18)34-14-17-4-3-5-19(27)11-17/h3-13H,14H2,1-2H3,(H,29,31,33)/b21-13+. The zero-order valence-electron chi connectivity index (χ0n) is 18.4. The minimum Gasteiger partial charge on any atom is -0.488 e. The van der Waals surface area contributed by atoms with Crippen molar-refractivity contribution in [3.05, 3.63) is 98.5 Å². The van der Waals surface area contributed by atoms with Gasteiger partial charge in [-0.3, -0.25) is 14.9 Å². The van der Waals surface area contributed by atoms with Crippen molar-refractivity contribution < 1.29 is 19.1 Å². The summed E-state index contributed by atoms with van der Waals surface area (Å²) in [7, 11) is 0. The summed E-state index contributed by atoms with van der Waals surface area (Å²) in [5.41, 5.74) is 3.05. The Bertz CT molecular complexity index is 1350. The van der Waals surface area contributed by atoms with Gasteiger partial charge in [-0.1, -0.05) is 47.5 Å². The number of nitrogens with zero attached hydrogens (tertiary/aromatic N) is 1. The van der Waals surface area contributed by atoms with E-state index >= 15 is 0 Å². The third-order valence-electron chi connectivity index (χ3n) is 5.26. The first-order valence-electron chi connectivity index (χ1n) is 10.4. The number of rotatable bonds is 5. The first-order chi connectivity index (χ1) is 16.2. The number of carbonyl (C=O) groups excluding carboxylic acids is 3. The van der Waals surface area contributed by atoms with Crippen LogP contribution in [0.25, 0.3) is 6.08 Å². The van der Waals surface area contributed by atoms with E-state index in [-0.39, 0.29) is 12.2 Å². The molecule has 8 heteroatoms. The number of imide groups is 2. The Morgan fingerprint density at radius 2 is 1.71 bits per heavy atom. The van der Waals surface area contributed by atoms with Crippen LogP contribution < -0.4 is 15.0 Å². The topological polar surface area (TPSA) is 75.7 Å². The molecule has 0 radical (unpaired) electrons. The molecule has 3 aromatic carbocycles. The number of barbiturate groups is 1. The Kier molecular flexibility index (Phi) is 6.72. The Hall–Kier alpha value is -3.61. The lowest BCUT2D eigenvalue weighted by molar-refractivity contribution is -0.122. The highest BCUT2D eigenvalue weighted by Crippen LogP contribution is 2.30. The van der Waals surface area contributed by atoms with Gasteiger partial charge in [0.05, 0.1) is 5.69 Å². The van der Waals surface area contributed by atoms with Crippen LogP contribution in [0.3, 0.4) is 0 Å². The van der Waals surface area contributed by atoms with Crippen molar-refractivity contribution in [2.45, 2.75) is 20.5 Å². The molecule has 1 aliphatic heterocycles. The summed E-state index contributed by atoms with van der Waals surface area (Å²) >= 11 is 12.2. The monoisotopic (exact) mass is 494 g/mol. The van der Waals surface area contributed by atoms with Crippen molar-refractivity contribution in [1.82, 2.24) is 5.32 Å². The van der Waals surface area contributed by atoms with Gasteiger partial charge in [-0.25, -0.2) is 9.69 Å². The molecule has 0 atom stereocenters. The van der Waals surface area contributed by atoms with E-state index in [0.29, 0.717) is 27.0 Å². The summed E-state index contributed by atoms with van der Waals surface area (Å²) < 4.78 is 5.93. The third kappa shape index (κ3) is 4.98. The molecule has 0 aliphatic carbocycles. The van der Waals surface area contributed by atoms with Gasteiger partial charge in [0, 0.05) is 15.6 Å². The maximum Gasteiger partial charge on any atom is 0.335 e. The zero-order chi connectivity index (χ0) is 24.4. The highest BCUT2D eigenvalue weighted by atomic mass is 35.5. The summed E-state index contributed by atoms with van der Waals surface area (Å²) in [6.07, 6.45) is 1.38. The van der Waals surface area contributed by atoms with E-state index in [2.05, 4.69) is 5.32 Å². The summed E-state index contributed by atoms with van der Waals surface area (Å²) in [5, 5.41) is 3.22. The van der Waals surface area contributed by atoms with Crippen LogP contribution in [0.15, 0.2) is 66.2 Å². The van der Waals surface area contributed by atoms with Crippen LogP contribution in [0, 0.1) is 13.8 Å². The van der Waals surface area contributed by atoms with E-state index in [1.165, 1.54) is 6.08 Å². The molecule has 0 spiro atoms. The average molecular weight is 495 g/mol. The Morgan fingerprint density at radius 3 is 2.47 bits per heavy atom. The maximum absolute atomic E-state index is 13.3. The number of hydrogen-bond donors (Lipinski definition) is 1. The van der Waals surface area contributed by atoms with Crippen molar-refractivity contribution in [2.24, 2.45) is 0 Å². The number of halogens is 2. The van der Waals surface area contributed by atoms with Crippen LogP contribution in [0.5, 0.6) is 5.75 Å². The van der Waals surface area contributed by atoms with Gasteiger partial charge in [0.2, 0.25) is 0 Å². The second-order valence-electron chi connectivity index (χ2n) is 7.85. The zero-order valence-corrected chi connectivity index (χ0v) is 19.9. The maximum atomic E-state index is 13.3. The Balaban J connectivity index is 1.70. The highest BCUT2D eigenvalue weighted by molar-refractivity contribution is 6.39. The molecule has 1 saturated heterocycles. The van der Waals surface area contributed by atoms with Crippen molar-refractivity contribution >= 4 is 52.8 Å². The van der Waals surface area contributed by atoms with Gasteiger partial charge in [-0.2, -0.15) is 0 Å². The molecule has 1 N–H and O–H groups in total. The SMILES string of the molecule is Cc1ccc(C)c(N2C(=O)NC(=O)/C(=C\c3cc(Cl)ccc3OCc3cccc(Cl)c3)C2=O)c1. The number of nitrogens with one attached hydrogen (secondary N) is 1. The van der Waals surface area contributed by atoms with Crippen LogP contribution in [0.4, 0.5) is 10.5 Å². The molecule has 0 saturated carbocycles. The molecule has 1 aliphatic rings. The lowest BCUT2D eigenvalue weighted by Crippen LogP contribution is -2.54. The molecule has 4 amide bonds. The Labute approximate surface area is 206 Å². The van der Waals surface area contributed by atoms with E-state index in [1.54, 1.807) is 43.3 Å². The lowest BCUT2D eigenvalue weighted by Gasteiger charge is -2.28. The molecule has 1 heterocycles. The number of anilines is 1. The van der Waals surface area contributed by atoms with Gasteiger partial charge in [0.15, 0.2) is 0 Å². The fourth-order valence-electron chi connectivity index (χ4n) is 3.54. The molecule has 0 unspecified atom stereocenters. The van der Waals surface area contributed by atoms with Gasteiger partial charge in [0.25, 0.3) is 11.8 Å². The molecule has 172 valence electrons. The van der Waals surface area contributed by atoms with Crippen LogP contribution in [-0.4, -0.2) is 17.8 Å². The predicted molar refractivity (Wildman–Crippen MR) is 132 cm³/mol. The molecular weight excluding hydrogens is 475 g/mol. The third-order valence-corrected chi connectivity index (χ3v) is 5.73. The first-order valence-corrected chi connectivity index (χ1v) is 11.1. The van der Waals surface area contributed by atoms with Crippen LogP contribution in [-0.2, 0) is 16.2 Å². The fourth-order valence-corrected chi connectivity index (χ4v) is 3.94. The van der Waals surface area contributed by atoms with Gasteiger partial charge >= 0.3 is 6.03 Å². The number of hydrogen-bond acceptors (Lipinski definition) is 4. The number of carbonyl (C=O) groups is 3. The summed E-state index contributed by atoms with van der Waals surface area (Å²) in [4.78, 5) is 39.5. The molecule has 0 bridgehead atoms. The molecule has 34 heavy (non-hydrogen) atoms. The van der Waals surface area contributed by atoms with Crippen molar-refractivity contribution in [3.63, 3.8) is 0 Å². The van der Waals surface area contributed by atoms with E-state index in [1.807, 2.05) is 31.2 Å². The minimum absolute atomic E-state index is 0.213. The molecular formula is C26H20Cl2N2O4. The smallest absolute Gasteiger partial charge is 0.335 e. The van der Waals surface area contributed by atoms with Gasteiger partial charge in [-0.15, -0.1) is 0 Å². The number of aryl methyl sites for hydroxylation is 2. The van der Waals surface area contributed by atoms with Crippen molar-refractivity contribution in [1.29, 1.82) is 0 Å². The van der Waals surface area contributed by atoms with Crippen LogP contribution in [0.1, 0.15) is 22.3 Å². The Morgan fingerprint density at radius 1 is 0.941 bits per heavy atom. The average Bonchev–Trinajstić information content (AvgIpc) is 2.78. The highest BCUT2D eigenvalue weighted by Gasteiger charge is 2.37. The summed E-state index contributed by atoms with van der Waals surface area (Å²) in [6, 6.07) is 16.7. The number of ether oxygens (including phenoxy) is 1. The predicted octanol–water partition coefficient (Wildman–Crippen LogP) is 5.86. The van der Waals surface area contributed by atoms with Crippen LogP contribution in [0.2, 0.25) is 10.0 Å². The van der Waals surface area contributed by atoms with Crippen molar-refractivity contribution in [2.75, 3.05) is 4.90 Å². The quantitative estimate of drug-likeness (QED) is 0.356. The minimum atomic E-state index is -0.802. The molecule has 4 rings (SSSR count). The van der Waals surface area contributed by atoms with E-state index in [9.17, 15) is 14.4 Å². The largest absolute Gasteiger partial charge is 0.488 e. The normalized spacial score (nSPS) is 15.0. The summed E-state index contributed by atoms with van der Waals surface area (Å²) in [5.74, 6) is -1.12. The lowest BCUT2D eigenvalue weighted by atomic mass is 10.0. The van der Waals surface area contributed by atoms with Gasteiger partial charge in [0.1, 0.15) is 17.9 Å². The van der Waals surface area contributed by atoms with E-state index in [0.717, 1.165) is 21.6 Å². The van der Waals surface area contributed by atoms with Crippen LogP contribution >= 0.6 is 23.2 Å². The molecule has 0 aromatic heterocycles. The van der Waals surface area contributed by atoms with Gasteiger partial charge < -0.3 is 4.74 Å². The van der Waals surface area contributed by atoms with E-state index in [4.69, 9.17) is 27.9 Å². The number of urea groups is 1. The molecule has 6 nitrogen and oxygen atoms in total. The molecule has 3 aromatic rings. The fraction of sp³-hybridized carbons (Fsp3) is 0.115. The number of amides is 4. The van der Waals surface area contributed by atoms with Gasteiger partial charge in [-0.05, 0) is 73.0 Å². The molecule has 1 fully saturated rings. The van der Waals surface area contributed by atoms with Crippen molar-refractivity contribution in [3.8, 4) is 5.75 Å². The van der Waals surface area contributed by atoms with E-state index < -0.39 is 17.8 Å².